The second-order valence-electron chi connectivity index (χ2n) is 3.25. The number of hydrogen-bond acceptors (Lipinski definition) is 1. The van der Waals surface area contributed by atoms with Gasteiger partial charge in [0.25, 0.3) is 0 Å². The van der Waals surface area contributed by atoms with Crippen LogP contribution in [0.5, 0.6) is 0 Å². The van der Waals surface area contributed by atoms with Gasteiger partial charge in [-0.2, -0.15) is 6.08 Å². The van der Waals surface area contributed by atoms with E-state index in [4.69, 9.17) is 0 Å². The zero-order chi connectivity index (χ0) is 10.2. The Labute approximate surface area is 141 Å². The Kier molecular flexibility index (Phi) is 60.3. The molecule has 0 aliphatic heterocycles. The number of hydrogen-bond donors (Lipinski definition) is 0. The Bertz CT molecular complexity index is 157. The van der Waals surface area contributed by atoms with E-state index in [2.05, 4.69) is 12.2 Å². The Morgan fingerprint density at radius 2 is 1.32 bits per heavy atom. The van der Waals surface area contributed by atoms with E-state index < -0.39 is 8.32 Å². The molecule has 3 heteroatoms. The fourth-order valence-electron chi connectivity index (χ4n) is 1.09. The summed E-state index contributed by atoms with van der Waals surface area (Å²) in [6, 6.07) is 2.71. The second kappa shape index (κ2) is 26.8. The molecule has 0 atom stereocenters. The van der Waals surface area contributed by atoms with Crippen LogP contribution in [-0.2, 0) is 21.7 Å². The SMILES string of the molecule is CC[Si]([O-])(CC)CC.[C-]1=CC=CC1.[CH3-].[CH3-].[CH3-].[CH3-].[CH3-].[Ti]. The fraction of sp³-hybridized carbons (Fsp3) is 0.438. The first-order chi connectivity index (χ1) is 6.18. The van der Waals surface area contributed by atoms with Gasteiger partial charge in [-0.1, -0.05) is 38.9 Å². The molecule has 1 aliphatic rings. The van der Waals surface area contributed by atoms with E-state index in [0.717, 1.165) is 24.6 Å². The average Bonchev–Trinajstić information content (AvgIpc) is 2.75. The first-order valence-electron chi connectivity index (χ1n) is 5.10. The van der Waals surface area contributed by atoms with E-state index in [0.29, 0.717) is 0 Å². The minimum Gasteiger partial charge on any atom is -0.858 e. The molecule has 1 aliphatic carbocycles. The van der Waals surface area contributed by atoms with Crippen LogP contribution in [-0.4, -0.2) is 8.32 Å². The normalized spacial score (nSPS) is 9.68. The molecule has 0 N–H and O–H groups in total. The van der Waals surface area contributed by atoms with Crippen LogP contribution in [0.15, 0.2) is 18.2 Å². The third-order valence-electron chi connectivity index (χ3n) is 2.52. The molecule has 0 spiro atoms. The van der Waals surface area contributed by atoms with Crippen LogP contribution in [0.2, 0.25) is 18.1 Å². The molecule has 0 saturated heterocycles. The van der Waals surface area contributed by atoms with Crippen molar-refractivity contribution in [3.8, 4) is 0 Å². The predicted octanol–water partition coefficient (Wildman–Crippen LogP) is 4.91. The summed E-state index contributed by atoms with van der Waals surface area (Å²) in [5.41, 5.74) is 0. The maximum Gasteiger partial charge on any atom is 0 e. The van der Waals surface area contributed by atoms with Gasteiger partial charge >= 0.3 is 0 Å². The molecule has 0 radical (unpaired) electrons. The zero-order valence-corrected chi connectivity index (χ0v) is 17.0. The summed E-state index contributed by atoms with van der Waals surface area (Å²) in [5, 5.41) is 0. The number of allylic oxidation sites excluding steroid dienone is 4. The van der Waals surface area contributed by atoms with Crippen molar-refractivity contribution in [1.82, 2.24) is 0 Å². The molecule has 1 nitrogen and oxygen atoms in total. The van der Waals surface area contributed by atoms with Crippen molar-refractivity contribution in [1.29, 1.82) is 0 Å². The summed E-state index contributed by atoms with van der Waals surface area (Å²) >= 11 is 0. The van der Waals surface area contributed by atoms with E-state index in [1.807, 2.05) is 32.9 Å². The standard InChI is InChI=1S/C6H15OSi.C5H5.5CH3.Ti/c1-4-8(7,5-2)6-3;1-2-4-5-3-1;;;;;;/h4-6H2,1-3H3;1-3H,4H2;5*1H3;/q7*-1;. The molecule has 120 valence electrons. The van der Waals surface area contributed by atoms with E-state index >= 15 is 0 Å². The van der Waals surface area contributed by atoms with Crippen LogP contribution in [0.3, 0.4) is 0 Å². The van der Waals surface area contributed by atoms with E-state index in [1.54, 1.807) is 0 Å². The molecule has 0 fully saturated rings. The molecule has 19 heavy (non-hydrogen) atoms. The summed E-state index contributed by atoms with van der Waals surface area (Å²) in [7, 11) is -1.92. The van der Waals surface area contributed by atoms with Gasteiger partial charge < -0.3 is 41.9 Å². The van der Waals surface area contributed by atoms with Crippen LogP contribution in [0.4, 0.5) is 0 Å². The molecule has 0 heterocycles. The van der Waals surface area contributed by atoms with Crippen LogP contribution >= 0.6 is 0 Å². The predicted molar refractivity (Wildman–Crippen MR) is 90.8 cm³/mol. The molecule has 0 aromatic carbocycles. The smallest absolute Gasteiger partial charge is 0 e. The monoisotopic (exact) mass is 319 g/mol. The third kappa shape index (κ3) is 23.8. The van der Waals surface area contributed by atoms with Crippen molar-refractivity contribution in [2.24, 2.45) is 0 Å². The third-order valence-corrected chi connectivity index (χ3v) is 6.38. The van der Waals surface area contributed by atoms with Crippen molar-refractivity contribution in [3.05, 3.63) is 61.4 Å². The van der Waals surface area contributed by atoms with Gasteiger partial charge in [0.1, 0.15) is 0 Å². The number of rotatable bonds is 3. The first kappa shape index (κ1) is 42.7. The fourth-order valence-corrected chi connectivity index (χ4v) is 2.59. The maximum atomic E-state index is 11.3. The van der Waals surface area contributed by atoms with Gasteiger partial charge in [0.15, 0.2) is 0 Å². The van der Waals surface area contributed by atoms with Crippen molar-refractivity contribution in [2.75, 3.05) is 0 Å². The zero-order valence-electron chi connectivity index (χ0n) is 14.5. The van der Waals surface area contributed by atoms with E-state index in [9.17, 15) is 4.80 Å². The molecule has 0 amide bonds. The summed E-state index contributed by atoms with van der Waals surface area (Å²) in [5.74, 6) is 0. The first-order valence-corrected chi connectivity index (χ1v) is 7.63. The summed E-state index contributed by atoms with van der Waals surface area (Å²) in [6.45, 7) is 6.06. The van der Waals surface area contributed by atoms with Gasteiger partial charge in [-0.25, -0.2) is 12.2 Å². The maximum absolute atomic E-state index is 11.3. The van der Waals surface area contributed by atoms with Crippen LogP contribution in [0.25, 0.3) is 0 Å². The minimum atomic E-state index is -1.92. The summed E-state index contributed by atoms with van der Waals surface area (Å²) < 4.78 is 0. The van der Waals surface area contributed by atoms with Gasteiger partial charge in [0, 0.05) is 21.7 Å². The molecule has 0 aromatic rings. The molecule has 0 saturated carbocycles. The van der Waals surface area contributed by atoms with Crippen molar-refractivity contribution >= 4 is 8.32 Å². The van der Waals surface area contributed by atoms with Gasteiger partial charge in [-0.05, 0) is 8.32 Å². The largest absolute Gasteiger partial charge is 0.858 e. The van der Waals surface area contributed by atoms with Gasteiger partial charge in [0.2, 0.25) is 0 Å². The van der Waals surface area contributed by atoms with Crippen molar-refractivity contribution in [2.45, 2.75) is 45.3 Å². The Morgan fingerprint density at radius 1 is 0.947 bits per heavy atom. The molecular weight excluding hydrogens is 284 g/mol. The summed E-state index contributed by atoms with van der Waals surface area (Å²) in [6.07, 6.45) is 10.0. The minimum absolute atomic E-state index is 0. The van der Waals surface area contributed by atoms with Crippen LogP contribution in [0, 0.1) is 43.2 Å². The van der Waals surface area contributed by atoms with Crippen LogP contribution in [0.1, 0.15) is 27.2 Å². The summed E-state index contributed by atoms with van der Waals surface area (Å²) in [4.78, 5) is 11.3. The quantitative estimate of drug-likeness (QED) is 0.535. The molecule has 0 bridgehead atoms. The van der Waals surface area contributed by atoms with Gasteiger partial charge in [-0.3, -0.25) is 6.08 Å². The van der Waals surface area contributed by atoms with Gasteiger partial charge in [-0.15, -0.1) is 6.42 Å². The topological polar surface area (TPSA) is 23.1 Å². The Balaban J connectivity index is -0.0000000238. The van der Waals surface area contributed by atoms with Crippen LogP contribution < -0.4 is 4.80 Å². The molecule has 0 unspecified atom stereocenters. The molecule has 0 aromatic heterocycles. The second-order valence-corrected chi connectivity index (χ2v) is 7.73. The van der Waals surface area contributed by atoms with E-state index in [-0.39, 0.29) is 58.9 Å². The van der Waals surface area contributed by atoms with Crippen molar-refractivity contribution in [3.63, 3.8) is 0 Å². The Morgan fingerprint density at radius 3 is 1.37 bits per heavy atom. The van der Waals surface area contributed by atoms with Crippen molar-refractivity contribution < 1.29 is 26.5 Å². The Hall–Kier alpha value is 0.371. The average molecular weight is 319 g/mol. The van der Waals surface area contributed by atoms with E-state index in [1.165, 1.54) is 0 Å². The molecule has 1 rings (SSSR count). The molecular formula is C16H35OSiTi-7. The van der Waals surface area contributed by atoms with Gasteiger partial charge in [0.05, 0.1) is 0 Å².